The normalized spacial score (nSPS) is 15.9. The first-order valence-corrected chi connectivity index (χ1v) is 9.59. The molecule has 0 saturated heterocycles. The highest BCUT2D eigenvalue weighted by Gasteiger charge is 2.18. The van der Waals surface area contributed by atoms with Crippen molar-refractivity contribution in [3.05, 3.63) is 28.6 Å². The van der Waals surface area contributed by atoms with Crippen molar-refractivity contribution in [3.63, 3.8) is 0 Å². The van der Waals surface area contributed by atoms with Crippen molar-refractivity contribution in [2.75, 3.05) is 10.0 Å². The predicted octanol–water partition coefficient (Wildman–Crippen LogP) is 3.35. The van der Waals surface area contributed by atoms with Gasteiger partial charge in [0.1, 0.15) is 10.0 Å². The van der Waals surface area contributed by atoms with Crippen LogP contribution in [-0.2, 0) is 10.0 Å². The van der Waals surface area contributed by atoms with Gasteiger partial charge in [0.15, 0.2) is 5.82 Å². The van der Waals surface area contributed by atoms with E-state index >= 15 is 0 Å². The maximum atomic E-state index is 12.1. The van der Waals surface area contributed by atoms with E-state index in [0.717, 1.165) is 24.2 Å². The number of aromatic nitrogens is 2. The summed E-state index contributed by atoms with van der Waals surface area (Å²) in [6.45, 7) is 0. The summed E-state index contributed by atoms with van der Waals surface area (Å²) in [5.74, 6) is 0.843. The van der Waals surface area contributed by atoms with Crippen molar-refractivity contribution in [1.29, 1.82) is 0 Å². The van der Waals surface area contributed by atoms with E-state index in [2.05, 4.69) is 20.2 Å². The quantitative estimate of drug-likeness (QED) is 0.856. The Morgan fingerprint density at radius 1 is 1.09 bits per heavy atom. The minimum absolute atomic E-state index is 0.146. The first kappa shape index (κ1) is 15.5. The third kappa shape index (κ3) is 3.68. The molecule has 0 spiro atoms. The maximum Gasteiger partial charge on any atom is 0.272 e. The molecule has 2 heterocycles. The Kier molecular flexibility index (Phi) is 4.51. The molecule has 118 valence electrons. The zero-order chi connectivity index (χ0) is 15.6. The summed E-state index contributed by atoms with van der Waals surface area (Å²) in [5.41, 5.74) is 0. The summed E-state index contributed by atoms with van der Waals surface area (Å²) < 4.78 is 27.2. The number of rotatable bonds is 5. The Morgan fingerprint density at radius 3 is 2.36 bits per heavy atom. The highest BCUT2D eigenvalue weighted by Crippen LogP contribution is 2.27. The highest BCUT2D eigenvalue weighted by molar-refractivity contribution is 7.94. The van der Waals surface area contributed by atoms with Crippen LogP contribution in [0.3, 0.4) is 0 Å². The smallest absolute Gasteiger partial charge is 0.272 e. The van der Waals surface area contributed by atoms with E-state index in [1.54, 1.807) is 18.2 Å². The van der Waals surface area contributed by atoms with Crippen LogP contribution in [0.15, 0.2) is 28.5 Å². The number of hydrogen-bond donors (Lipinski definition) is 2. The van der Waals surface area contributed by atoms with Crippen LogP contribution in [0.2, 0.25) is 4.34 Å². The summed E-state index contributed by atoms with van der Waals surface area (Å²) in [5, 5.41) is 11.2. The average molecular weight is 359 g/mol. The van der Waals surface area contributed by atoms with Gasteiger partial charge < -0.3 is 5.32 Å². The molecule has 0 amide bonds. The van der Waals surface area contributed by atoms with Crippen LogP contribution in [0.5, 0.6) is 0 Å². The number of sulfonamides is 1. The van der Waals surface area contributed by atoms with Gasteiger partial charge >= 0.3 is 0 Å². The van der Waals surface area contributed by atoms with E-state index in [0.29, 0.717) is 16.2 Å². The van der Waals surface area contributed by atoms with Crippen LogP contribution in [0, 0.1) is 0 Å². The van der Waals surface area contributed by atoms with Crippen LogP contribution in [0.25, 0.3) is 0 Å². The maximum absolute atomic E-state index is 12.1. The number of nitrogens with one attached hydrogen (secondary N) is 2. The summed E-state index contributed by atoms with van der Waals surface area (Å²) in [7, 11) is -3.67. The Balaban J connectivity index is 1.67. The summed E-state index contributed by atoms with van der Waals surface area (Å²) >= 11 is 6.75. The molecule has 3 rings (SSSR count). The second-order valence-electron chi connectivity index (χ2n) is 5.09. The number of thiophene rings is 1. The molecular formula is C13H15ClN4O2S2. The first-order valence-electron chi connectivity index (χ1n) is 6.91. The Hall–Kier alpha value is -1.38. The second kappa shape index (κ2) is 6.39. The van der Waals surface area contributed by atoms with Gasteiger partial charge in [0.2, 0.25) is 0 Å². The third-order valence-corrected chi connectivity index (χ3v) is 6.50. The SMILES string of the molecule is O=S(=O)(Nc1ccc(NC2CCCC2)nn1)c1ccc(Cl)s1. The minimum Gasteiger partial charge on any atom is -0.366 e. The summed E-state index contributed by atoms with van der Waals surface area (Å²) in [6.07, 6.45) is 4.73. The van der Waals surface area contributed by atoms with Crippen LogP contribution >= 0.6 is 22.9 Å². The molecule has 6 nitrogen and oxygen atoms in total. The lowest BCUT2D eigenvalue weighted by molar-refractivity contribution is 0.603. The molecule has 0 aliphatic heterocycles. The fourth-order valence-corrected chi connectivity index (χ4v) is 4.85. The predicted molar refractivity (Wildman–Crippen MR) is 88.0 cm³/mol. The molecule has 2 N–H and O–H groups in total. The standard InChI is InChI=1S/C13H15ClN4O2S2/c14-10-5-8-13(21-10)22(19,20)18-12-7-6-11(16-17-12)15-9-3-1-2-4-9/h5-9H,1-4H2,(H,15,16)(H,17,18). The largest absolute Gasteiger partial charge is 0.366 e. The molecule has 2 aromatic rings. The lowest BCUT2D eigenvalue weighted by Crippen LogP contribution is -2.17. The molecule has 22 heavy (non-hydrogen) atoms. The Morgan fingerprint density at radius 2 is 1.77 bits per heavy atom. The Bertz CT molecular complexity index is 740. The van der Waals surface area contributed by atoms with Crippen molar-refractivity contribution in [2.24, 2.45) is 0 Å². The van der Waals surface area contributed by atoms with E-state index < -0.39 is 10.0 Å². The van der Waals surface area contributed by atoms with Crippen molar-refractivity contribution in [3.8, 4) is 0 Å². The Labute approximate surface area is 138 Å². The molecule has 2 aromatic heterocycles. The zero-order valence-corrected chi connectivity index (χ0v) is 14.0. The molecule has 0 aromatic carbocycles. The minimum atomic E-state index is -3.67. The van der Waals surface area contributed by atoms with Gasteiger partial charge in [-0.25, -0.2) is 8.42 Å². The van der Waals surface area contributed by atoms with E-state index in [-0.39, 0.29) is 10.0 Å². The van der Waals surface area contributed by atoms with Gasteiger partial charge in [-0.1, -0.05) is 24.4 Å². The monoisotopic (exact) mass is 358 g/mol. The summed E-state index contributed by atoms with van der Waals surface area (Å²) in [4.78, 5) is 0. The number of nitrogens with zero attached hydrogens (tertiary/aromatic N) is 2. The van der Waals surface area contributed by atoms with Gasteiger partial charge in [-0.15, -0.1) is 21.5 Å². The van der Waals surface area contributed by atoms with Crippen molar-refractivity contribution in [1.82, 2.24) is 10.2 Å². The highest BCUT2D eigenvalue weighted by atomic mass is 35.5. The molecule has 0 atom stereocenters. The van der Waals surface area contributed by atoms with Gasteiger partial charge in [0.25, 0.3) is 10.0 Å². The van der Waals surface area contributed by atoms with Crippen molar-refractivity contribution >= 4 is 44.6 Å². The first-order chi connectivity index (χ1) is 10.5. The van der Waals surface area contributed by atoms with Gasteiger partial charge in [0, 0.05) is 6.04 Å². The van der Waals surface area contributed by atoms with Crippen molar-refractivity contribution < 1.29 is 8.42 Å². The number of hydrogen-bond acceptors (Lipinski definition) is 6. The zero-order valence-electron chi connectivity index (χ0n) is 11.6. The van der Waals surface area contributed by atoms with Gasteiger partial charge in [-0.2, -0.15) is 0 Å². The fraction of sp³-hybridized carbons (Fsp3) is 0.385. The van der Waals surface area contributed by atoms with Gasteiger partial charge in [-0.05, 0) is 37.1 Å². The molecule has 1 fully saturated rings. The molecule has 9 heteroatoms. The average Bonchev–Trinajstić information content (AvgIpc) is 3.12. The van der Waals surface area contributed by atoms with E-state index in [9.17, 15) is 8.42 Å². The molecule has 1 aliphatic carbocycles. The third-order valence-electron chi connectivity index (χ3n) is 3.42. The van der Waals surface area contributed by atoms with Gasteiger partial charge in [0.05, 0.1) is 4.34 Å². The van der Waals surface area contributed by atoms with Crippen LogP contribution < -0.4 is 10.0 Å². The molecular weight excluding hydrogens is 344 g/mol. The van der Waals surface area contributed by atoms with Gasteiger partial charge in [-0.3, -0.25) is 4.72 Å². The molecule has 1 aliphatic rings. The second-order valence-corrected chi connectivity index (χ2v) is 8.72. The van der Waals surface area contributed by atoms with E-state index in [4.69, 9.17) is 11.6 Å². The lowest BCUT2D eigenvalue weighted by atomic mass is 10.2. The number of anilines is 2. The fourth-order valence-electron chi connectivity index (χ4n) is 2.37. The molecule has 0 bridgehead atoms. The van der Waals surface area contributed by atoms with Crippen LogP contribution in [-0.4, -0.2) is 24.7 Å². The molecule has 0 radical (unpaired) electrons. The number of halogens is 1. The summed E-state index contributed by atoms with van der Waals surface area (Å²) in [6, 6.07) is 6.76. The molecule has 1 saturated carbocycles. The van der Waals surface area contributed by atoms with E-state index in [1.165, 1.54) is 18.9 Å². The van der Waals surface area contributed by atoms with E-state index in [1.807, 2.05) is 0 Å². The van der Waals surface area contributed by atoms with Crippen LogP contribution in [0.4, 0.5) is 11.6 Å². The lowest BCUT2D eigenvalue weighted by Gasteiger charge is -2.12. The van der Waals surface area contributed by atoms with Crippen LogP contribution in [0.1, 0.15) is 25.7 Å². The topological polar surface area (TPSA) is 84.0 Å². The molecule has 0 unspecified atom stereocenters. The van der Waals surface area contributed by atoms with Crippen molar-refractivity contribution in [2.45, 2.75) is 35.9 Å².